The van der Waals surface area contributed by atoms with Crippen LogP contribution in [0, 0.1) is 11.3 Å². The number of aliphatic hydroxyl groups is 1. The molecule has 38 heavy (non-hydrogen) atoms. The number of hydrogen-bond acceptors (Lipinski definition) is 6. The number of aryl methyl sites for hydroxylation is 1. The van der Waals surface area contributed by atoms with Gasteiger partial charge in [-0.1, -0.05) is 46.1 Å². The third kappa shape index (κ3) is 7.72. The largest absolute Gasteiger partial charge is 0.504 e. The maximum absolute atomic E-state index is 12.5. The van der Waals surface area contributed by atoms with Gasteiger partial charge in [0.15, 0.2) is 18.2 Å². The van der Waals surface area contributed by atoms with E-state index in [4.69, 9.17) is 4.74 Å². The Morgan fingerprint density at radius 2 is 1.97 bits per heavy atom. The Morgan fingerprint density at radius 1 is 1.18 bits per heavy atom. The molecule has 0 amide bonds. The molecule has 0 radical (unpaired) electrons. The standard InChI is InChI=1S/C32H46N2O4/c1-23(2)8-12-29-27-14-18-33-28(27)21-34(29)22-38-31-19-24(10-13-30(31)37)9-11-26(36)20-25(35)7-6-17-32(3)15-4-5-16-32/h10,13-14,18-19,23,25,35,37H,4-9,11-12,15-17,20-22H2,1-3H3. The number of aliphatic hydroxyl groups excluding tert-OH is 1. The Kier molecular flexibility index (Phi) is 9.69. The highest BCUT2D eigenvalue weighted by Gasteiger charge is 2.29. The SMILES string of the molecule is CC(C)CCC1=C2C=CN=C2CN1COc1cc(CCC(=O)CC(O)CCCC2(C)CCCC2)ccc1O. The predicted molar refractivity (Wildman–Crippen MR) is 152 cm³/mol. The van der Waals surface area contributed by atoms with Crippen LogP contribution in [0.4, 0.5) is 0 Å². The number of fused-ring (bicyclic) bond motifs is 1. The fourth-order valence-corrected chi connectivity index (χ4v) is 6.02. The number of carbonyl (C=O) groups is 1. The number of aliphatic imine (C=N–C) groups is 1. The van der Waals surface area contributed by atoms with E-state index in [1.807, 2.05) is 18.3 Å². The molecular weight excluding hydrogens is 476 g/mol. The van der Waals surface area contributed by atoms with Gasteiger partial charge < -0.3 is 19.8 Å². The number of phenols is 1. The van der Waals surface area contributed by atoms with Gasteiger partial charge in [0.2, 0.25) is 0 Å². The zero-order valence-electron chi connectivity index (χ0n) is 23.5. The minimum Gasteiger partial charge on any atom is -0.504 e. The van der Waals surface area contributed by atoms with Gasteiger partial charge in [0.25, 0.3) is 0 Å². The lowest BCUT2D eigenvalue weighted by Crippen LogP contribution is -2.27. The van der Waals surface area contributed by atoms with E-state index in [2.05, 4.69) is 36.7 Å². The number of phenolic OH excluding ortho intramolecular Hbond substituents is 1. The zero-order chi connectivity index (χ0) is 27.1. The van der Waals surface area contributed by atoms with E-state index in [-0.39, 0.29) is 18.0 Å². The number of hydrogen-bond donors (Lipinski definition) is 2. The quantitative estimate of drug-likeness (QED) is 0.268. The lowest BCUT2D eigenvalue weighted by molar-refractivity contribution is -0.121. The third-order valence-corrected chi connectivity index (χ3v) is 8.46. The monoisotopic (exact) mass is 522 g/mol. The number of benzene rings is 1. The molecule has 1 aromatic carbocycles. The second-order valence-electron chi connectivity index (χ2n) is 12.3. The van der Waals surface area contributed by atoms with Crippen LogP contribution < -0.4 is 4.74 Å². The average Bonchev–Trinajstić information content (AvgIpc) is 3.58. The number of aromatic hydroxyl groups is 1. The van der Waals surface area contributed by atoms with Crippen LogP contribution in [0.5, 0.6) is 11.5 Å². The normalized spacial score (nSPS) is 18.9. The van der Waals surface area contributed by atoms with Gasteiger partial charge in [0, 0.05) is 30.3 Å². The van der Waals surface area contributed by atoms with Crippen molar-refractivity contribution in [2.75, 3.05) is 13.3 Å². The van der Waals surface area contributed by atoms with E-state index >= 15 is 0 Å². The molecule has 4 rings (SSSR count). The summed E-state index contributed by atoms with van der Waals surface area (Å²) in [6.45, 7) is 7.87. The molecule has 1 fully saturated rings. The number of allylic oxidation sites excluding steroid dienone is 2. The highest BCUT2D eigenvalue weighted by molar-refractivity contribution is 6.08. The Hall–Kier alpha value is -2.60. The summed E-state index contributed by atoms with van der Waals surface area (Å²) in [5.74, 6) is 1.22. The van der Waals surface area contributed by atoms with E-state index in [0.717, 1.165) is 37.0 Å². The van der Waals surface area contributed by atoms with Crippen LogP contribution in [0.25, 0.3) is 0 Å². The summed E-state index contributed by atoms with van der Waals surface area (Å²) in [5, 5.41) is 20.8. The highest BCUT2D eigenvalue weighted by Crippen LogP contribution is 2.41. The molecule has 3 aliphatic rings. The minimum atomic E-state index is -0.551. The molecule has 0 spiro atoms. The molecule has 0 saturated heterocycles. The lowest BCUT2D eigenvalue weighted by atomic mass is 9.83. The van der Waals surface area contributed by atoms with Gasteiger partial charge in [-0.15, -0.1) is 0 Å². The molecule has 1 atom stereocenters. The molecule has 1 aliphatic carbocycles. The molecule has 6 heteroatoms. The highest BCUT2D eigenvalue weighted by atomic mass is 16.5. The third-order valence-electron chi connectivity index (χ3n) is 8.46. The smallest absolute Gasteiger partial charge is 0.163 e. The Morgan fingerprint density at radius 3 is 2.74 bits per heavy atom. The molecular formula is C32H46N2O4. The van der Waals surface area contributed by atoms with E-state index in [9.17, 15) is 15.0 Å². The van der Waals surface area contributed by atoms with Crippen LogP contribution in [0.2, 0.25) is 0 Å². The fraction of sp³-hybridized carbons (Fsp3) is 0.625. The van der Waals surface area contributed by atoms with E-state index in [1.54, 1.807) is 6.07 Å². The molecule has 1 unspecified atom stereocenters. The van der Waals surface area contributed by atoms with Gasteiger partial charge in [0.1, 0.15) is 5.78 Å². The topological polar surface area (TPSA) is 82.4 Å². The molecule has 0 bridgehead atoms. The van der Waals surface area contributed by atoms with Crippen molar-refractivity contribution >= 4 is 11.5 Å². The number of Topliss-reactive ketones (excluding diaryl/α,β-unsaturated/α-hetero) is 1. The fourth-order valence-electron chi connectivity index (χ4n) is 6.02. The number of nitrogens with zero attached hydrogens (tertiary/aromatic N) is 2. The van der Waals surface area contributed by atoms with Crippen molar-refractivity contribution in [1.82, 2.24) is 4.90 Å². The molecule has 0 aromatic heterocycles. The lowest BCUT2D eigenvalue weighted by Gasteiger charge is -2.23. The first-order valence-corrected chi connectivity index (χ1v) is 14.6. The van der Waals surface area contributed by atoms with Gasteiger partial charge in [-0.3, -0.25) is 9.79 Å². The van der Waals surface area contributed by atoms with Gasteiger partial charge in [0.05, 0.1) is 18.4 Å². The van der Waals surface area contributed by atoms with E-state index < -0.39 is 6.10 Å². The first-order valence-electron chi connectivity index (χ1n) is 14.6. The summed E-state index contributed by atoms with van der Waals surface area (Å²) >= 11 is 0. The first kappa shape index (κ1) is 28.4. The Labute approximate surface area is 228 Å². The van der Waals surface area contributed by atoms with Crippen molar-refractivity contribution in [3.05, 3.63) is 47.3 Å². The predicted octanol–water partition coefficient (Wildman–Crippen LogP) is 6.71. The van der Waals surface area contributed by atoms with Crippen LogP contribution in [-0.4, -0.2) is 46.0 Å². The van der Waals surface area contributed by atoms with Crippen LogP contribution in [0.15, 0.2) is 46.7 Å². The number of ketones is 1. The average molecular weight is 523 g/mol. The second kappa shape index (κ2) is 13.0. The van der Waals surface area contributed by atoms with Crippen LogP contribution >= 0.6 is 0 Å². The van der Waals surface area contributed by atoms with Gasteiger partial charge in [-0.2, -0.15) is 0 Å². The van der Waals surface area contributed by atoms with E-state index in [1.165, 1.54) is 37.0 Å². The van der Waals surface area contributed by atoms with Crippen molar-refractivity contribution in [1.29, 1.82) is 0 Å². The number of ether oxygens (including phenoxy) is 1. The molecule has 2 N–H and O–H groups in total. The van der Waals surface area contributed by atoms with Gasteiger partial charge in [-0.25, -0.2) is 0 Å². The Balaban J connectivity index is 1.23. The van der Waals surface area contributed by atoms with Crippen LogP contribution in [-0.2, 0) is 11.2 Å². The van der Waals surface area contributed by atoms with Gasteiger partial charge >= 0.3 is 0 Å². The van der Waals surface area contributed by atoms with E-state index in [0.29, 0.717) is 49.6 Å². The summed E-state index contributed by atoms with van der Waals surface area (Å²) in [6, 6.07) is 5.30. The molecule has 208 valence electrons. The summed E-state index contributed by atoms with van der Waals surface area (Å²) in [6.07, 6.45) is 14.7. The van der Waals surface area contributed by atoms with Crippen molar-refractivity contribution < 1.29 is 19.7 Å². The summed E-state index contributed by atoms with van der Waals surface area (Å²) in [5.41, 5.74) is 4.93. The van der Waals surface area contributed by atoms with Crippen molar-refractivity contribution in [3.63, 3.8) is 0 Å². The molecule has 2 aliphatic heterocycles. The number of rotatable bonds is 15. The minimum absolute atomic E-state index is 0.0824. The molecule has 6 nitrogen and oxygen atoms in total. The molecule has 1 saturated carbocycles. The molecule has 1 aromatic rings. The maximum atomic E-state index is 12.5. The first-order chi connectivity index (χ1) is 18.2. The second-order valence-corrected chi connectivity index (χ2v) is 12.3. The van der Waals surface area contributed by atoms with Crippen molar-refractivity contribution in [2.24, 2.45) is 16.3 Å². The van der Waals surface area contributed by atoms with Crippen molar-refractivity contribution in [2.45, 2.75) is 104 Å². The molecule has 2 heterocycles. The summed E-state index contributed by atoms with van der Waals surface area (Å²) in [7, 11) is 0. The van der Waals surface area contributed by atoms with Crippen LogP contribution in [0.3, 0.4) is 0 Å². The maximum Gasteiger partial charge on any atom is 0.163 e. The summed E-state index contributed by atoms with van der Waals surface area (Å²) in [4.78, 5) is 19.2. The number of carbonyl (C=O) groups excluding carboxylic acids is 1. The summed E-state index contributed by atoms with van der Waals surface area (Å²) < 4.78 is 6.07. The van der Waals surface area contributed by atoms with Gasteiger partial charge in [-0.05, 0) is 80.1 Å². The van der Waals surface area contributed by atoms with Crippen molar-refractivity contribution in [3.8, 4) is 11.5 Å². The zero-order valence-corrected chi connectivity index (χ0v) is 23.5. The Bertz CT molecular complexity index is 1070. The van der Waals surface area contributed by atoms with Crippen LogP contribution in [0.1, 0.15) is 97.0 Å².